The number of halogens is 1. The number of carbonyl (C=O) groups is 2. The first-order chi connectivity index (χ1) is 13.1. The third-order valence-electron chi connectivity index (χ3n) is 4.96. The molecule has 1 heterocycles. The van der Waals surface area contributed by atoms with Gasteiger partial charge in [0.15, 0.2) is 0 Å². The van der Waals surface area contributed by atoms with E-state index in [-0.39, 0.29) is 30.3 Å². The standard InChI is InChI=1S/C20H27N5O2.ClH/c1-21-18(15-12-22-25(2)13-15)20(27)24-17-10-8-14(9-11-17)19(26)23-16-6-4-3-5-7-16;/h8-13,16,18,21H,3-7H2,1-2H3,(H,23,26)(H,24,27);1H. The highest BCUT2D eigenvalue weighted by molar-refractivity contribution is 5.97. The SMILES string of the molecule is CNC(C(=O)Nc1ccc(C(=O)NC2CCCCC2)cc1)c1cnn(C)c1.Cl. The molecule has 1 saturated carbocycles. The van der Waals surface area contributed by atoms with Gasteiger partial charge in [0, 0.05) is 36.1 Å². The monoisotopic (exact) mass is 405 g/mol. The second-order valence-electron chi connectivity index (χ2n) is 7.04. The first-order valence-electron chi connectivity index (χ1n) is 9.44. The average Bonchev–Trinajstić information content (AvgIpc) is 3.09. The molecule has 2 amide bonds. The number of carbonyl (C=O) groups excluding carboxylic acids is 2. The number of nitrogens with one attached hydrogen (secondary N) is 3. The number of anilines is 1. The molecule has 0 spiro atoms. The smallest absolute Gasteiger partial charge is 0.251 e. The van der Waals surface area contributed by atoms with Crippen molar-refractivity contribution in [3.8, 4) is 0 Å². The first-order valence-corrected chi connectivity index (χ1v) is 9.44. The van der Waals surface area contributed by atoms with Crippen LogP contribution in [0.5, 0.6) is 0 Å². The van der Waals surface area contributed by atoms with Gasteiger partial charge in [0.05, 0.1) is 6.20 Å². The van der Waals surface area contributed by atoms with Crippen molar-refractivity contribution in [3.05, 3.63) is 47.8 Å². The van der Waals surface area contributed by atoms with E-state index in [4.69, 9.17) is 0 Å². The van der Waals surface area contributed by atoms with Crippen molar-refractivity contribution in [2.24, 2.45) is 7.05 Å². The van der Waals surface area contributed by atoms with E-state index in [0.717, 1.165) is 18.4 Å². The molecule has 0 saturated heterocycles. The summed E-state index contributed by atoms with van der Waals surface area (Å²) >= 11 is 0. The third kappa shape index (κ3) is 5.56. The van der Waals surface area contributed by atoms with Gasteiger partial charge in [-0.1, -0.05) is 19.3 Å². The molecule has 0 bridgehead atoms. The van der Waals surface area contributed by atoms with E-state index in [1.807, 2.05) is 7.05 Å². The van der Waals surface area contributed by atoms with E-state index in [0.29, 0.717) is 11.3 Å². The fraction of sp³-hybridized carbons (Fsp3) is 0.450. The lowest BCUT2D eigenvalue weighted by molar-refractivity contribution is -0.118. The summed E-state index contributed by atoms with van der Waals surface area (Å²) in [5.74, 6) is -0.229. The number of rotatable bonds is 6. The number of aryl methyl sites for hydroxylation is 1. The minimum atomic E-state index is -0.493. The van der Waals surface area contributed by atoms with Crippen molar-refractivity contribution in [2.45, 2.75) is 44.2 Å². The maximum atomic E-state index is 12.5. The maximum Gasteiger partial charge on any atom is 0.251 e. The Morgan fingerprint density at radius 1 is 1.14 bits per heavy atom. The van der Waals surface area contributed by atoms with Gasteiger partial charge in [-0.15, -0.1) is 12.4 Å². The Morgan fingerprint density at radius 2 is 1.82 bits per heavy atom. The summed E-state index contributed by atoms with van der Waals surface area (Å²) in [5, 5.41) is 13.1. The number of likely N-dealkylation sites (N-methyl/N-ethyl adjacent to an activating group) is 1. The first kappa shape index (κ1) is 21.9. The zero-order chi connectivity index (χ0) is 19.2. The van der Waals surface area contributed by atoms with Gasteiger partial charge in [0.25, 0.3) is 5.91 Å². The second-order valence-corrected chi connectivity index (χ2v) is 7.04. The van der Waals surface area contributed by atoms with Crippen LogP contribution >= 0.6 is 12.4 Å². The highest BCUT2D eigenvalue weighted by Crippen LogP contribution is 2.19. The predicted molar refractivity (Wildman–Crippen MR) is 112 cm³/mol. The Bertz CT molecular complexity index is 784. The van der Waals surface area contributed by atoms with Gasteiger partial charge in [-0.2, -0.15) is 5.10 Å². The van der Waals surface area contributed by atoms with Gasteiger partial charge in [-0.05, 0) is 44.2 Å². The molecule has 8 heteroatoms. The molecule has 1 aliphatic carbocycles. The van der Waals surface area contributed by atoms with Crippen molar-refractivity contribution in [3.63, 3.8) is 0 Å². The molecule has 7 nitrogen and oxygen atoms in total. The average molecular weight is 406 g/mol. The molecule has 28 heavy (non-hydrogen) atoms. The Labute approximate surface area is 171 Å². The van der Waals surface area contributed by atoms with E-state index < -0.39 is 6.04 Å². The molecule has 3 rings (SSSR count). The largest absolute Gasteiger partial charge is 0.349 e. The lowest BCUT2D eigenvalue weighted by Gasteiger charge is -2.22. The topological polar surface area (TPSA) is 88.1 Å². The van der Waals surface area contributed by atoms with Crippen LogP contribution < -0.4 is 16.0 Å². The van der Waals surface area contributed by atoms with Gasteiger partial charge in [-0.25, -0.2) is 0 Å². The summed E-state index contributed by atoms with van der Waals surface area (Å²) in [4.78, 5) is 24.9. The van der Waals surface area contributed by atoms with Gasteiger partial charge in [-0.3, -0.25) is 14.3 Å². The second kappa shape index (κ2) is 10.2. The highest BCUT2D eigenvalue weighted by atomic mass is 35.5. The summed E-state index contributed by atoms with van der Waals surface area (Å²) in [5.41, 5.74) is 2.05. The normalized spacial score (nSPS) is 15.4. The molecular weight excluding hydrogens is 378 g/mol. The molecule has 2 aromatic rings. The maximum absolute atomic E-state index is 12.5. The van der Waals surface area contributed by atoms with Crippen molar-refractivity contribution in [1.82, 2.24) is 20.4 Å². The van der Waals surface area contributed by atoms with Crippen LogP contribution in [-0.2, 0) is 11.8 Å². The van der Waals surface area contributed by atoms with E-state index in [2.05, 4.69) is 21.0 Å². The molecule has 152 valence electrons. The molecule has 0 radical (unpaired) electrons. The molecule has 3 N–H and O–H groups in total. The van der Waals surface area contributed by atoms with Crippen LogP contribution in [0, 0.1) is 0 Å². The number of aromatic nitrogens is 2. The molecule has 1 aliphatic rings. The minimum Gasteiger partial charge on any atom is -0.349 e. The number of hydrogen-bond acceptors (Lipinski definition) is 4. The van der Waals surface area contributed by atoms with Crippen molar-refractivity contribution < 1.29 is 9.59 Å². The van der Waals surface area contributed by atoms with E-state index in [9.17, 15) is 9.59 Å². The van der Waals surface area contributed by atoms with E-state index >= 15 is 0 Å². The number of benzene rings is 1. The third-order valence-corrected chi connectivity index (χ3v) is 4.96. The lowest BCUT2D eigenvalue weighted by Crippen LogP contribution is -2.36. The summed E-state index contributed by atoms with van der Waals surface area (Å²) in [7, 11) is 3.54. The Balaban J connectivity index is 0.00000280. The van der Waals surface area contributed by atoms with Crippen molar-refractivity contribution in [1.29, 1.82) is 0 Å². The van der Waals surface area contributed by atoms with Crippen LogP contribution in [0.2, 0.25) is 0 Å². The van der Waals surface area contributed by atoms with Crippen LogP contribution in [0.1, 0.15) is 54.1 Å². The molecule has 1 aromatic heterocycles. The number of nitrogens with zero attached hydrogens (tertiary/aromatic N) is 2. The number of hydrogen-bond donors (Lipinski definition) is 3. The molecule has 1 unspecified atom stereocenters. The molecular formula is C20H28ClN5O2. The van der Waals surface area contributed by atoms with E-state index in [1.165, 1.54) is 19.3 Å². The van der Waals surface area contributed by atoms with Crippen molar-refractivity contribution in [2.75, 3.05) is 12.4 Å². The molecule has 0 aliphatic heterocycles. The number of amides is 2. The summed E-state index contributed by atoms with van der Waals surface area (Å²) in [6.45, 7) is 0. The minimum absolute atomic E-state index is 0. The van der Waals surface area contributed by atoms with Gasteiger partial charge in [0.1, 0.15) is 6.04 Å². The molecule has 1 fully saturated rings. The van der Waals surface area contributed by atoms with Gasteiger partial charge in [0.2, 0.25) is 5.91 Å². The highest BCUT2D eigenvalue weighted by Gasteiger charge is 2.20. The molecule has 1 aromatic carbocycles. The Morgan fingerprint density at radius 3 is 2.39 bits per heavy atom. The summed E-state index contributed by atoms with van der Waals surface area (Å²) in [6, 6.07) is 6.78. The van der Waals surface area contributed by atoms with E-state index in [1.54, 1.807) is 48.4 Å². The lowest BCUT2D eigenvalue weighted by atomic mass is 9.95. The summed E-state index contributed by atoms with van der Waals surface area (Å²) in [6.07, 6.45) is 9.20. The van der Waals surface area contributed by atoms with Crippen molar-refractivity contribution >= 4 is 29.9 Å². The Kier molecular flexibility index (Phi) is 8.02. The fourth-order valence-electron chi connectivity index (χ4n) is 3.47. The Hall–Kier alpha value is -2.38. The van der Waals surface area contributed by atoms with Crippen LogP contribution in [-0.4, -0.2) is 34.7 Å². The molecule has 1 atom stereocenters. The predicted octanol–water partition coefficient (Wildman–Crippen LogP) is 2.80. The van der Waals surface area contributed by atoms with Crippen LogP contribution in [0.3, 0.4) is 0 Å². The zero-order valence-electron chi connectivity index (χ0n) is 16.3. The van der Waals surface area contributed by atoms with Gasteiger partial charge < -0.3 is 16.0 Å². The van der Waals surface area contributed by atoms with Crippen LogP contribution in [0.4, 0.5) is 5.69 Å². The van der Waals surface area contributed by atoms with Crippen LogP contribution in [0.25, 0.3) is 0 Å². The fourth-order valence-corrected chi connectivity index (χ4v) is 3.47. The van der Waals surface area contributed by atoms with Crippen LogP contribution in [0.15, 0.2) is 36.7 Å². The zero-order valence-corrected chi connectivity index (χ0v) is 17.1. The van der Waals surface area contributed by atoms with Gasteiger partial charge >= 0.3 is 0 Å². The summed E-state index contributed by atoms with van der Waals surface area (Å²) < 4.78 is 1.66. The quantitative estimate of drug-likeness (QED) is 0.689.